The van der Waals surface area contributed by atoms with Gasteiger partial charge in [0.25, 0.3) is 0 Å². The molecular weight excluding hydrogens is 813 g/mol. The van der Waals surface area contributed by atoms with Crippen molar-refractivity contribution in [3.05, 3.63) is 108 Å². The summed E-state index contributed by atoms with van der Waals surface area (Å²) in [6.07, 6.45) is 30.4. The standard InChI is InChI=1S/C53H82O11/c1-37(25-20-16-14-12-11-13-15-17-22-27-43(54)33-38(2)31-32-49(58)61-10)34-46(56)40(4)48-35-44(55)28-24-30-45(60-9)29-23-19-18-21-26-39(3)51-42(6)52(64-53(7,8)63-51)41(5)47(57)36-50(59)62-48/h11-23,25,33-34,39-48,51-52,54-57H,24,26-32,35-36H2,1-10H3/b12-11+,15-13+,16-14+,21-18+,22-17+,23-19-,25-20+,37-34+,38-33+/t39-,40+,41+,42-,43-,44+,45+,46+,47+,48-,51+,52-/m0/s1. The molecule has 0 aromatic rings. The van der Waals surface area contributed by atoms with E-state index in [9.17, 15) is 30.0 Å². The smallest absolute Gasteiger partial charge is 0.308 e. The van der Waals surface area contributed by atoms with Crippen molar-refractivity contribution in [1.82, 2.24) is 0 Å². The van der Waals surface area contributed by atoms with Crippen LogP contribution in [0.3, 0.4) is 0 Å². The van der Waals surface area contributed by atoms with Gasteiger partial charge < -0.3 is 44.1 Å². The van der Waals surface area contributed by atoms with E-state index in [-0.39, 0.29) is 49.0 Å². The maximum atomic E-state index is 13.6. The molecule has 11 heteroatoms. The van der Waals surface area contributed by atoms with Gasteiger partial charge >= 0.3 is 11.9 Å². The Bertz CT molecular complexity index is 1650. The number of aliphatic hydroxyl groups is 4. The van der Waals surface area contributed by atoms with E-state index in [1.54, 1.807) is 26.2 Å². The lowest BCUT2D eigenvalue weighted by molar-refractivity contribution is -0.337. The third kappa shape index (κ3) is 22.5. The highest BCUT2D eigenvalue weighted by atomic mass is 16.7. The summed E-state index contributed by atoms with van der Waals surface area (Å²) in [5.41, 5.74) is 1.74. The van der Waals surface area contributed by atoms with Crippen molar-refractivity contribution in [3.63, 3.8) is 0 Å². The van der Waals surface area contributed by atoms with Gasteiger partial charge in [0.15, 0.2) is 5.79 Å². The number of fused-ring (bicyclic) bond motifs is 2. The molecule has 0 aliphatic carbocycles. The van der Waals surface area contributed by atoms with E-state index in [0.29, 0.717) is 32.1 Å². The Morgan fingerprint density at radius 2 is 1.48 bits per heavy atom. The lowest BCUT2D eigenvalue weighted by Gasteiger charge is -2.49. The molecule has 12 atom stereocenters. The fraction of sp³-hybridized carbons (Fsp3) is 0.623. The van der Waals surface area contributed by atoms with Gasteiger partial charge in [-0.3, -0.25) is 9.59 Å². The Hall–Kier alpha value is -3.68. The van der Waals surface area contributed by atoms with Crippen molar-refractivity contribution >= 4 is 11.9 Å². The Morgan fingerprint density at radius 1 is 0.859 bits per heavy atom. The van der Waals surface area contributed by atoms with Crippen molar-refractivity contribution in [2.24, 2.45) is 23.7 Å². The first kappa shape index (κ1) is 56.4. The van der Waals surface area contributed by atoms with Crippen LogP contribution in [-0.4, -0.2) is 101 Å². The maximum absolute atomic E-state index is 13.6. The molecule has 2 aliphatic rings. The van der Waals surface area contributed by atoms with E-state index in [0.717, 1.165) is 30.4 Å². The molecule has 0 saturated carbocycles. The minimum atomic E-state index is -1.05. The van der Waals surface area contributed by atoms with Gasteiger partial charge in [0.2, 0.25) is 0 Å². The molecule has 360 valence electrons. The molecule has 2 heterocycles. The number of carbonyl (C=O) groups excluding carboxylic acids is 2. The molecule has 2 bridgehead atoms. The molecule has 0 unspecified atom stereocenters. The summed E-state index contributed by atoms with van der Waals surface area (Å²) in [7, 11) is 3.06. The van der Waals surface area contributed by atoms with E-state index in [1.807, 2.05) is 101 Å². The van der Waals surface area contributed by atoms with Crippen LogP contribution in [0.2, 0.25) is 0 Å². The monoisotopic (exact) mass is 895 g/mol. The molecule has 4 N–H and O–H groups in total. The van der Waals surface area contributed by atoms with Crippen LogP contribution < -0.4 is 0 Å². The number of allylic oxidation sites excluding steroid dienone is 14. The lowest BCUT2D eigenvalue weighted by Crippen LogP contribution is -2.55. The van der Waals surface area contributed by atoms with Gasteiger partial charge in [-0.25, -0.2) is 0 Å². The number of cyclic esters (lactones) is 1. The Balaban J connectivity index is 2.11. The average molecular weight is 895 g/mol. The van der Waals surface area contributed by atoms with E-state index in [1.165, 1.54) is 7.11 Å². The van der Waals surface area contributed by atoms with Crippen molar-refractivity contribution in [3.8, 4) is 0 Å². The molecular formula is C53H82O11. The van der Waals surface area contributed by atoms with Gasteiger partial charge in [-0.05, 0) is 78.6 Å². The van der Waals surface area contributed by atoms with E-state index in [2.05, 4.69) is 36.8 Å². The summed E-state index contributed by atoms with van der Waals surface area (Å²) in [6.45, 7) is 15.5. The van der Waals surface area contributed by atoms with Crippen LogP contribution in [0.15, 0.2) is 108 Å². The first-order valence-electron chi connectivity index (χ1n) is 23.2. The first-order valence-corrected chi connectivity index (χ1v) is 23.2. The largest absolute Gasteiger partial charge is 0.469 e. The molecule has 0 spiro atoms. The molecule has 11 nitrogen and oxygen atoms in total. The molecule has 2 rings (SSSR count). The number of rotatable bonds is 15. The third-order valence-corrected chi connectivity index (χ3v) is 12.0. The second-order valence-electron chi connectivity index (χ2n) is 18.2. The topological polar surface area (TPSA) is 161 Å². The van der Waals surface area contributed by atoms with Crippen LogP contribution in [0.5, 0.6) is 0 Å². The lowest BCUT2D eigenvalue weighted by atomic mass is 9.79. The van der Waals surface area contributed by atoms with Crippen LogP contribution >= 0.6 is 0 Å². The second kappa shape index (κ2) is 30.5. The number of aliphatic hydroxyl groups excluding tert-OH is 4. The summed E-state index contributed by atoms with van der Waals surface area (Å²) in [6, 6.07) is 0. The van der Waals surface area contributed by atoms with Crippen molar-refractivity contribution in [2.45, 2.75) is 174 Å². The van der Waals surface area contributed by atoms with Gasteiger partial charge in [-0.15, -0.1) is 0 Å². The number of carbonyl (C=O) groups is 2. The molecule has 64 heavy (non-hydrogen) atoms. The van der Waals surface area contributed by atoms with Gasteiger partial charge in [-0.2, -0.15) is 0 Å². The number of methoxy groups -OCH3 is 2. The number of hydrogen-bond acceptors (Lipinski definition) is 11. The third-order valence-electron chi connectivity index (χ3n) is 12.0. The molecule has 1 fully saturated rings. The summed E-state index contributed by atoms with van der Waals surface area (Å²) in [5.74, 6) is -2.60. The zero-order chi connectivity index (χ0) is 47.7. The average Bonchev–Trinajstić information content (AvgIpc) is 3.24. The Kier molecular flexibility index (Phi) is 26.9. The molecule has 0 aromatic carbocycles. The van der Waals surface area contributed by atoms with Crippen molar-refractivity contribution in [1.29, 1.82) is 0 Å². The van der Waals surface area contributed by atoms with Crippen molar-refractivity contribution < 1.29 is 53.7 Å². The molecule has 2 aliphatic heterocycles. The number of esters is 2. The van der Waals surface area contributed by atoms with E-state index < -0.39 is 54.1 Å². The van der Waals surface area contributed by atoms with Gasteiger partial charge in [0.1, 0.15) is 6.10 Å². The summed E-state index contributed by atoms with van der Waals surface area (Å²) in [5, 5.41) is 44.2. The highest BCUT2D eigenvalue weighted by Gasteiger charge is 2.46. The zero-order valence-corrected chi connectivity index (χ0v) is 40.4. The summed E-state index contributed by atoms with van der Waals surface area (Å²) < 4.78 is 29.2. The molecule has 0 amide bonds. The molecule has 1 saturated heterocycles. The first-order chi connectivity index (χ1) is 30.4. The highest BCUT2D eigenvalue weighted by Crippen LogP contribution is 2.39. The normalized spacial score (nSPS) is 31.4. The molecule has 0 radical (unpaired) electrons. The maximum Gasteiger partial charge on any atom is 0.308 e. The predicted molar refractivity (Wildman–Crippen MR) is 255 cm³/mol. The molecule has 0 aromatic heterocycles. The SMILES string of the molecule is COC(=O)CC/C(C)=C/[C@@H](O)C/C=C/C=C/C=C/C=C/C=C/C(C)=C/[C@@H](O)[C@@H](C)[C@@H]1C[C@H](O)CCC[C@H](OC)C/C=C\C=C\C[C@H](C)[C@H]2OC(C)(C)O[C@H]([C@H]2C)[C@H](C)[C@H](O)CC(=O)O1. The number of ether oxygens (including phenoxy) is 5. The summed E-state index contributed by atoms with van der Waals surface area (Å²) in [4.78, 5) is 24.9. The summed E-state index contributed by atoms with van der Waals surface area (Å²) >= 11 is 0. The van der Waals surface area contributed by atoms with Crippen LogP contribution in [-0.2, 0) is 33.3 Å². The van der Waals surface area contributed by atoms with Crippen LogP contribution in [0, 0.1) is 23.7 Å². The Labute approximate surface area is 385 Å². The number of hydrogen-bond donors (Lipinski definition) is 4. The van der Waals surface area contributed by atoms with E-state index in [4.69, 9.17) is 18.9 Å². The second-order valence-corrected chi connectivity index (χ2v) is 18.2. The van der Waals surface area contributed by atoms with Gasteiger partial charge in [-0.1, -0.05) is 136 Å². The zero-order valence-electron chi connectivity index (χ0n) is 40.4. The van der Waals surface area contributed by atoms with Crippen LogP contribution in [0.4, 0.5) is 0 Å². The van der Waals surface area contributed by atoms with E-state index >= 15 is 0 Å². The fourth-order valence-electron chi connectivity index (χ4n) is 8.05. The minimum Gasteiger partial charge on any atom is -0.469 e. The predicted octanol–water partition coefficient (Wildman–Crippen LogP) is 9.29. The fourth-order valence-corrected chi connectivity index (χ4v) is 8.05. The van der Waals surface area contributed by atoms with Gasteiger partial charge in [0.05, 0.1) is 56.3 Å². The Morgan fingerprint density at radius 3 is 2.14 bits per heavy atom. The van der Waals surface area contributed by atoms with Crippen LogP contribution in [0.1, 0.15) is 120 Å². The van der Waals surface area contributed by atoms with Crippen LogP contribution in [0.25, 0.3) is 0 Å². The minimum absolute atomic E-state index is 0.00290. The van der Waals surface area contributed by atoms with Crippen molar-refractivity contribution in [2.75, 3.05) is 14.2 Å². The quantitative estimate of drug-likeness (QED) is 0.0705. The van der Waals surface area contributed by atoms with Gasteiger partial charge in [0, 0.05) is 37.7 Å². The highest BCUT2D eigenvalue weighted by molar-refractivity contribution is 5.70.